The highest BCUT2D eigenvalue weighted by atomic mass is 79.9. The van der Waals surface area contributed by atoms with Gasteiger partial charge in [0.1, 0.15) is 0 Å². The first-order valence-corrected chi connectivity index (χ1v) is 7.22. The Hall–Kier alpha value is -1.27. The molecule has 1 N–H and O–H groups in total. The number of nitrogens with zero attached hydrogens (tertiary/aromatic N) is 1. The Labute approximate surface area is 117 Å². The first-order chi connectivity index (χ1) is 8.79. The van der Waals surface area contributed by atoms with E-state index in [0.717, 1.165) is 10.2 Å². The molecule has 0 fully saturated rings. The van der Waals surface area contributed by atoms with Gasteiger partial charge in [0.05, 0.1) is 11.6 Å². The van der Waals surface area contributed by atoms with Gasteiger partial charge in [0.25, 0.3) is 0 Å². The predicted octanol–water partition coefficient (Wildman–Crippen LogP) is 4.62. The lowest BCUT2D eigenvalue weighted by molar-refractivity contribution is 0.610. The van der Waals surface area contributed by atoms with E-state index in [4.69, 9.17) is 5.26 Å². The molecular weight excluding hydrogens is 288 g/mol. The number of allylic oxidation sites excluding steroid dienone is 1. The van der Waals surface area contributed by atoms with E-state index in [1.54, 1.807) is 0 Å². The molecule has 1 atom stereocenters. The van der Waals surface area contributed by atoms with Gasteiger partial charge in [-0.25, -0.2) is 0 Å². The molecule has 0 saturated heterocycles. The molecule has 1 aromatic rings. The van der Waals surface area contributed by atoms with E-state index in [9.17, 15) is 0 Å². The van der Waals surface area contributed by atoms with Gasteiger partial charge in [-0.3, -0.25) is 0 Å². The number of anilines is 1. The summed E-state index contributed by atoms with van der Waals surface area (Å²) in [4.78, 5) is 0. The van der Waals surface area contributed by atoms with Crippen molar-refractivity contribution in [2.45, 2.75) is 38.1 Å². The van der Waals surface area contributed by atoms with Crippen LogP contribution >= 0.6 is 15.9 Å². The van der Waals surface area contributed by atoms with Gasteiger partial charge in [-0.1, -0.05) is 25.0 Å². The number of nitrogens with one attached hydrogen (secondary N) is 1. The van der Waals surface area contributed by atoms with Gasteiger partial charge in [-0.2, -0.15) is 5.26 Å². The maximum absolute atomic E-state index is 8.84. The Morgan fingerprint density at radius 2 is 2.17 bits per heavy atom. The summed E-state index contributed by atoms with van der Waals surface area (Å²) < 4.78 is 0.956. The third-order valence-electron chi connectivity index (χ3n) is 3.19. The van der Waals surface area contributed by atoms with Gasteiger partial charge < -0.3 is 5.32 Å². The van der Waals surface area contributed by atoms with E-state index in [-0.39, 0.29) is 0 Å². The quantitative estimate of drug-likeness (QED) is 0.809. The van der Waals surface area contributed by atoms with Crippen molar-refractivity contribution in [2.24, 2.45) is 0 Å². The minimum absolute atomic E-state index is 0.398. The number of halogens is 1. The van der Waals surface area contributed by atoms with Crippen molar-refractivity contribution < 1.29 is 0 Å². The zero-order chi connectivity index (χ0) is 12.8. The lowest BCUT2D eigenvalue weighted by atomic mass is 10.0. The van der Waals surface area contributed by atoms with Crippen molar-refractivity contribution in [3.05, 3.63) is 40.4 Å². The van der Waals surface area contributed by atoms with Crippen LogP contribution in [0.15, 0.2) is 34.8 Å². The summed E-state index contributed by atoms with van der Waals surface area (Å²) in [6, 6.07) is 8.21. The van der Waals surface area contributed by atoms with Crippen LogP contribution in [-0.2, 0) is 0 Å². The lowest BCUT2D eigenvalue weighted by Crippen LogP contribution is -2.17. The predicted molar refractivity (Wildman–Crippen MR) is 78.5 cm³/mol. The highest BCUT2D eigenvalue weighted by molar-refractivity contribution is 9.10. The van der Waals surface area contributed by atoms with Crippen LogP contribution in [0.1, 0.15) is 37.7 Å². The fraction of sp³-hybridized carbons (Fsp3) is 0.400. The highest BCUT2D eigenvalue weighted by Crippen LogP contribution is 2.25. The molecule has 1 aromatic carbocycles. The Bertz CT molecular complexity index is 474. The van der Waals surface area contributed by atoms with Gasteiger partial charge in [0.15, 0.2) is 0 Å². The van der Waals surface area contributed by atoms with E-state index in [1.165, 1.54) is 32.1 Å². The maximum Gasteiger partial charge on any atom is 0.0992 e. The van der Waals surface area contributed by atoms with Crippen molar-refractivity contribution in [2.75, 3.05) is 5.32 Å². The van der Waals surface area contributed by atoms with Crippen LogP contribution in [0.3, 0.4) is 0 Å². The van der Waals surface area contributed by atoms with Gasteiger partial charge in [0.2, 0.25) is 0 Å². The molecule has 18 heavy (non-hydrogen) atoms. The molecule has 94 valence electrons. The second-order valence-electron chi connectivity index (χ2n) is 4.62. The molecule has 2 rings (SSSR count). The number of benzene rings is 1. The fourth-order valence-corrected chi connectivity index (χ4v) is 2.67. The third kappa shape index (κ3) is 3.61. The summed E-state index contributed by atoms with van der Waals surface area (Å²) in [7, 11) is 0. The second-order valence-corrected chi connectivity index (χ2v) is 5.48. The summed E-state index contributed by atoms with van der Waals surface area (Å²) in [6.45, 7) is 0. The van der Waals surface area contributed by atoms with Gasteiger partial charge >= 0.3 is 0 Å². The Kier molecular flexibility index (Phi) is 4.83. The van der Waals surface area contributed by atoms with Crippen molar-refractivity contribution in [1.29, 1.82) is 5.26 Å². The van der Waals surface area contributed by atoms with Crippen LogP contribution in [0.2, 0.25) is 0 Å². The number of nitriles is 1. The molecule has 0 aliphatic heterocycles. The number of rotatable bonds is 2. The zero-order valence-corrected chi connectivity index (χ0v) is 11.9. The van der Waals surface area contributed by atoms with Crippen molar-refractivity contribution >= 4 is 21.6 Å². The summed E-state index contributed by atoms with van der Waals surface area (Å²) in [5.74, 6) is 0. The minimum atomic E-state index is 0.398. The molecular formula is C15H17BrN2. The highest BCUT2D eigenvalue weighted by Gasteiger charge is 2.09. The molecule has 2 nitrogen and oxygen atoms in total. The molecule has 0 spiro atoms. The van der Waals surface area contributed by atoms with E-state index in [0.29, 0.717) is 11.6 Å². The van der Waals surface area contributed by atoms with Crippen molar-refractivity contribution in [3.63, 3.8) is 0 Å². The van der Waals surface area contributed by atoms with Crippen molar-refractivity contribution in [3.8, 4) is 6.07 Å². The molecule has 0 aromatic heterocycles. The van der Waals surface area contributed by atoms with Gasteiger partial charge in [0, 0.05) is 16.2 Å². The largest absolute Gasteiger partial charge is 0.378 e. The lowest BCUT2D eigenvalue weighted by Gasteiger charge is -2.19. The SMILES string of the molecule is N#Cc1ccc(NC2/C=C/CCCCC2)c(Br)c1. The Balaban J connectivity index is 2.08. The van der Waals surface area contributed by atoms with Crippen LogP contribution in [0, 0.1) is 11.3 Å². The fourth-order valence-electron chi connectivity index (χ4n) is 2.18. The molecule has 0 radical (unpaired) electrons. The molecule has 0 bridgehead atoms. The van der Waals surface area contributed by atoms with Crippen LogP contribution in [0.25, 0.3) is 0 Å². The van der Waals surface area contributed by atoms with Crippen molar-refractivity contribution in [1.82, 2.24) is 0 Å². The molecule has 0 amide bonds. The average molecular weight is 305 g/mol. The summed E-state index contributed by atoms with van der Waals surface area (Å²) in [5, 5.41) is 12.4. The van der Waals surface area contributed by atoms with Crippen LogP contribution in [0.5, 0.6) is 0 Å². The van der Waals surface area contributed by atoms with E-state index in [1.807, 2.05) is 18.2 Å². The minimum Gasteiger partial charge on any atom is -0.378 e. The van der Waals surface area contributed by atoms with E-state index in [2.05, 4.69) is 39.5 Å². The van der Waals surface area contributed by atoms with E-state index >= 15 is 0 Å². The van der Waals surface area contributed by atoms with Crippen LogP contribution in [-0.4, -0.2) is 6.04 Å². The summed E-state index contributed by atoms with van der Waals surface area (Å²) >= 11 is 3.51. The Morgan fingerprint density at radius 1 is 1.28 bits per heavy atom. The molecule has 0 saturated carbocycles. The first kappa shape index (κ1) is 13.2. The first-order valence-electron chi connectivity index (χ1n) is 6.42. The third-order valence-corrected chi connectivity index (χ3v) is 3.85. The summed E-state index contributed by atoms with van der Waals surface area (Å²) in [6.07, 6.45) is 10.8. The monoisotopic (exact) mass is 304 g/mol. The number of hydrogen-bond acceptors (Lipinski definition) is 2. The zero-order valence-electron chi connectivity index (χ0n) is 10.3. The maximum atomic E-state index is 8.84. The number of hydrogen-bond donors (Lipinski definition) is 1. The molecule has 1 unspecified atom stereocenters. The molecule has 1 aliphatic rings. The smallest absolute Gasteiger partial charge is 0.0992 e. The topological polar surface area (TPSA) is 35.8 Å². The average Bonchev–Trinajstić information content (AvgIpc) is 2.34. The normalized spacial score (nSPS) is 21.4. The summed E-state index contributed by atoms with van der Waals surface area (Å²) in [5.41, 5.74) is 1.74. The molecule has 1 aliphatic carbocycles. The van der Waals surface area contributed by atoms with E-state index < -0.39 is 0 Å². The second kappa shape index (κ2) is 6.61. The standard InChI is InChI=1S/C15H17BrN2/c16-14-10-12(11-17)8-9-15(14)18-13-6-4-2-1-3-5-7-13/h4,6,8-10,13,18H,1-3,5,7H2/b6-4+. The van der Waals surface area contributed by atoms with Gasteiger partial charge in [-0.15, -0.1) is 0 Å². The molecule has 3 heteroatoms. The van der Waals surface area contributed by atoms with Crippen LogP contribution in [0.4, 0.5) is 5.69 Å². The molecule has 0 heterocycles. The Morgan fingerprint density at radius 3 is 2.94 bits per heavy atom. The van der Waals surface area contributed by atoms with Crippen LogP contribution < -0.4 is 5.32 Å². The van der Waals surface area contributed by atoms with Gasteiger partial charge in [-0.05, 0) is 53.4 Å².